The summed E-state index contributed by atoms with van der Waals surface area (Å²) >= 11 is 1.53. The van der Waals surface area contributed by atoms with Crippen molar-refractivity contribution < 1.29 is 5.11 Å². The molecule has 0 aromatic rings. The Morgan fingerprint density at radius 1 is 1.33 bits per heavy atom. The Hall–Kier alpha value is -0.470. The summed E-state index contributed by atoms with van der Waals surface area (Å²) in [4.78, 5) is -0.683. The van der Waals surface area contributed by atoms with Crippen LogP contribution in [0.4, 0.5) is 0 Å². The van der Waals surface area contributed by atoms with E-state index in [0.29, 0.717) is 23.2 Å². The van der Waals surface area contributed by atoms with E-state index in [1.54, 1.807) is 5.57 Å². The topological polar surface area (TPSA) is 20.2 Å². The van der Waals surface area contributed by atoms with E-state index in [4.69, 9.17) is 0 Å². The third-order valence-electron chi connectivity index (χ3n) is 8.90. The van der Waals surface area contributed by atoms with E-state index in [2.05, 4.69) is 51.8 Å². The van der Waals surface area contributed by atoms with Gasteiger partial charge in [0.05, 0.1) is 0 Å². The number of aliphatic hydroxyl groups is 1. The van der Waals surface area contributed by atoms with Gasteiger partial charge in [0.25, 0.3) is 0 Å². The first-order valence-electron chi connectivity index (χ1n) is 12.5. The highest BCUT2D eigenvalue weighted by Crippen LogP contribution is 2.60. The van der Waals surface area contributed by atoms with Crippen LogP contribution in [0.15, 0.2) is 35.3 Å². The van der Waals surface area contributed by atoms with Crippen molar-refractivity contribution in [3.63, 3.8) is 0 Å². The molecule has 0 amide bonds. The summed E-state index contributed by atoms with van der Waals surface area (Å²) < 4.78 is 0. The molecule has 170 valence electrons. The molecule has 3 aliphatic rings. The fourth-order valence-corrected chi connectivity index (χ4v) is 7.82. The summed E-state index contributed by atoms with van der Waals surface area (Å²) in [6, 6.07) is 0. The highest BCUT2D eigenvalue weighted by molar-refractivity contribution is 8.03. The Bertz CT molecular complexity index is 669. The minimum absolute atomic E-state index is 0.442. The van der Waals surface area contributed by atoms with Crippen LogP contribution in [-0.2, 0) is 0 Å². The number of allylic oxidation sites excluding steroid dienone is 4. The summed E-state index contributed by atoms with van der Waals surface area (Å²) in [7, 11) is 0. The van der Waals surface area contributed by atoms with Gasteiger partial charge in [0.1, 0.15) is 4.93 Å². The predicted molar refractivity (Wildman–Crippen MR) is 133 cm³/mol. The Morgan fingerprint density at radius 2 is 2.07 bits per heavy atom. The molecule has 3 saturated carbocycles. The van der Waals surface area contributed by atoms with Crippen molar-refractivity contribution in [2.75, 3.05) is 0 Å². The molecule has 3 rings (SSSR count). The van der Waals surface area contributed by atoms with Crippen LogP contribution in [0.5, 0.6) is 0 Å². The Kier molecular flexibility index (Phi) is 7.71. The maximum Gasteiger partial charge on any atom is 0.108 e. The average Bonchev–Trinajstić information content (AvgIpc) is 3.16. The second-order valence-corrected chi connectivity index (χ2v) is 12.9. The zero-order valence-corrected chi connectivity index (χ0v) is 21.2. The van der Waals surface area contributed by atoms with Crippen LogP contribution in [0, 0.1) is 40.9 Å². The first-order chi connectivity index (χ1) is 14.1. The van der Waals surface area contributed by atoms with Crippen LogP contribution in [0.3, 0.4) is 0 Å². The molecular weight excluding hydrogens is 384 g/mol. The largest absolute Gasteiger partial charge is 0.380 e. The average molecular weight is 431 g/mol. The molecule has 7 atom stereocenters. The standard InChI is InChI=1S/C28H46OS/c1-8-22-18-20(3)21(4)24(22)12-11-23-10-9-16-28(7)25(13-14-26(23)28)19(2)15-17-30-27(5,6)29/h11,15,17,19-20,22,24-26,29H,4,8-10,12-14,16,18H2,1-3,5-7H3/b17-15+,23-11+. The first-order valence-corrected chi connectivity index (χ1v) is 13.4. The van der Waals surface area contributed by atoms with Crippen LogP contribution in [0.2, 0.25) is 0 Å². The van der Waals surface area contributed by atoms with Gasteiger partial charge in [-0.3, -0.25) is 0 Å². The molecule has 0 bridgehead atoms. The number of hydrogen-bond acceptors (Lipinski definition) is 2. The molecule has 0 aliphatic heterocycles. The molecule has 1 N–H and O–H groups in total. The fraction of sp³-hybridized carbons (Fsp3) is 0.786. The second-order valence-electron chi connectivity index (χ2n) is 11.3. The van der Waals surface area contributed by atoms with Crippen LogP contribution >= 0.6 is 11.8 Å². The lowest BCUT2D eigenvalue weighted by Gasteiger charge is -2.44. The molecule has 0 spiro atoms. The smallest absolute Gasteiger partial charge is 0.108 e. The van der Waals surface area contributed by atoms with E-state index in [-0.39, 0.29) is 0 Å². The minimum atomic E-state index is -0.683. The zero-order valence-electron chi connectivity index (χ0n) is 20.4. The molecule has 7 unspecified atom stereocenters. The zero-order chi connectivity index (χ0) is 22.1. The van der Waals surface area contributed by atoms with E-state index in [1.807, 2.05) is 13.8 Å². The van der Waals surface area contributed by atoms with Crippen molar-refractivity contribution >= 4 is 11.8 Å². The Morgan fingerprint density at radius 3 is 2.73 bits per heavy atom. The van der Waals surface area contributed by atoms with Crippen LogP contribution < -0.4 is 0 Å². The van der Waals surface area contributed by atoms with Crippen molar-refractivity contribution in [3.8, 4) is 0 Å². The van der Waals surface area contributed by atoms with Crippen LogP contribution in [-0.4, -0.2) is 10.0 Å². The highest BCUT2D eigenvalue weighted by atomic mass is 32.2. The molecule has 0 radical (unpaired) electrons. The van der Waals surface area contributed by atoms with Crippen molar-refractivity contribution in [2.45, 2.75) is 97.8 Å². The van der Waals surface area contributed by atoms with Crippen molar-refractivity contribution in [3.05, 3.63) is 35.3 Å². The molecule has 2 heteroatoms. The van der Waals surface area contributed by atoms with E-state index >= 15 is 0 Å². The second kappa shape index (κ2) is 9.57. The van der Waals surface area contributed by atoms with Gasteiger partial charge in [0, 0.05) is 0 Å². The number of fused-ring (bicyclic) bond motifs is 1. The van der Waals surface area contributed by atoms with Gasteiger partial charge in [-0.2, -0.15) is 0 Å². The molecule has 3 fully saturated rings. The molecule has 0 heterocycles. The van der Waals surface area contributed by atoms with Gasteiger partial charge in [-0.1, -0.05) is 64.0 Å². The normalized spacial score (nSPS) is 39.8. The van der Waals surface area contributed by atoms with Gasteiger partial charge < -0.3 is 5.11 Å². The van der Waals surface area contributed by atoms with E-state index in [0.717, 1.165) is 17.8 Å². The lowest BCUT2D eigenvalue weighted by atomic mass is 9.61. The predicted octanol–water partition coefficient (Wildman–Crippen LogP) is 8.37. The van der Waals surface area contributed by atoms with E-state index in [9.17, 15) is 5.11 Å². The monoisotopic (exact) mass is 430 g/mol. The van der Waals surface area contributed by atoms with E-state index in [1.165, 1.54) is 68.7 Å². The molecular formula is C28H46OS. The lowest BCUT2D eigenvalue weighted by molar-refractivity contribution is 0.112. The van der Waals surface area contributed by atoms with Crippen LogP contribution in [0.25, 0.3) is 0 Å². The molecule has 0 aromatic heterocycles. The van der Waals surface area contributed by atoms with Crippen molar-refractivity contribution in [2.24, 2.45) is 40.9 Å². The lowest BCUT2D eigenvalue weighted by Crippen LogP contribution is -2.35. The molecule has 0 aromatic carbocycles. The fourth-order valence-electron chi connectivity index (χ4n) is 7.16. The number of thioether (sulfide) groups is 1. The molecule has 1 nitrogen and oxygen atoms in total. The van der Waals surface area contributed by atoms with E-state index < -0.39 is 4.93 Å². The number of rotatable bonds is 7. The Balaban J connectivity index is 1.69. The molecule has 30 heavy (non-hydrogen) atoms. The maximum absolute atomic E-state index is 9.99. The van der Waals surface area contributed by atoms with Gasteiger partial charge in [0.15, 0.2) is 0 Å². The third kappa shape index (κ3) is 5.12. The SMILES string of the molecule is C=C1C(C)CC(CC)C1C/C=C1\CCCC2(C)C1CCC2C(C)/C=C/SC(C)(C)O. The first kappa shape index (κ1) is 24.2. The number of hydrogen-bond donors (Lipinski definition) is 1. The quantitative estimate of drug-likeness (QED) is 0.323. The Labute approximate surface area is 190 Å². The summed E-state index contributed by atoms with van der Waals surface area (Å²) in [6.07, 6.45) is 15.7. The van der Waals surface area contributed by atoms with Crippen LogP contribution in [0.1, 0.15) is 92.9 Å². The minimum Gasteiger partial charge on any atom is -0.380 e. The van der Waals surface area contributed by atoms with Gasteiger partial charge in [-0.05, 0) is 105 Å². The molecule has 3 aliphatic carbocycles. The van der Waals surface area contributed by atoms with Crippen molar-refractivity contribution in [1.29, 1.82) is 0 Å². The summed E-state index contributed by atoms with van der Waals surface area (Å²) in [6.45, 7) is 17.9. The van der Waals surface area contributed by atoms with Gasteiger partial charge in [-0.25, -0.2) is 0 Å². The maximum atomic E-state index is 9.99. The van der Waals surface area contributed by atoms with Gasteiger partial charge in [0.2, 0.25) is 0 Å². The summed E-state index contributed by atoms with van der Waals surface area (Å²) in [5.41, 5.74) is 3.73. The van der Waals surface area contributed by atoms with Gasteiger partial charge in [-0.15, -0.1) is 11.8 Å². The van der Waals surface area contributed by atoms with Crippen molar-refractivity contribution in [1.82, 2.24) is 0 Å². The summed E-state index contributed by atoms with van der Waals surface area (Å²) in [5.74, 6) is 4.38. The highest BCUT2D eigenvalue weighted by Gasteiger charge is 2.50. The summed E-state index contributed by atoms with van der Waals surface area (Å²) in [5, 5.41) is 12.1. The third-order valence-corrected chi connectivity index (χ3v) is 9.77. The molecule has 0 saturated heterocycles. The van der Waals surface area contributed by atoms with Gasteiger partial charge >= 0.3 is 0 Å².